The lowest BCUT2D eigenvalue weighted by molar-refractivity contribution is -0.166. The molecule has 0 aromatic heterocycles. The molecule has 2 spiro atoms. The van der Waals surface area contributed by atoms with Crippen molar-refractivity contribution >= 4 is 29.5 Å². The fourth-order valence-corrected chi connectivity index (χ4v) is 13.0. The monoisotopic (exact) mass is 809 g/mol. The molecule has 0 aliphatic heterocycles. The zero-order valence-electron chi connectivity index (χ0n) is 37.2. The van der Waals surface area contributed by atoms with E-state index in [0.717, 1.165) is 84.0 Å². The van der Waals surface area contributed by atoms with Crippen LogP contribution in [0.25, 0.3) is 0 Å². The lowest BCUT2D eigenvalue weighted by atomic mass is 9.43. The smallest absolute Gasteiger partial charge is 0.305 e. The molecule has 10 heteroatoms. The van der Waals surface area contributed by atoms with Gasteiger partial charge in [0.15, 0.2) is 17.7 Å². The van der Waals surface area contributed by atoms with Crippen molar-refractivity contribution in [3.05, 3.63) is 24.3 Å². The van der Waals surface area contributed by atoms with E-state index in [-0.39, 0.29) is 69.2 Å². The zero-order valence-corrected chi connectivity index (χ0v) is 37.2. The number of allylic oxidation sites excluding steroid dienone is 2. The molecule has 0 aromatic rings. The Bertz CT molecular complexity index is 1560. The molecule has 0 unspecified atom stereocenters. The van der Waals surface area contributed by atoms with Gasteiger partial charge in [-0.2, -0.15) is 0 Å². The first kappa shape index (κ1) is 46.2. The van der Waals surface area contributed by atoms with Crippen molar-refractivity contribution in [2.75, 3.05) is 32.8 Å². The second-order valence-electron chi connectivity index (χ2n) is 19.6. The molecule has 0 radical (unpaired) electrons. The predicted octanol–water partition coefficient (Wildman–Crippen LogP) is 8.11. The van der Waals surface area contributed by atoms with Gasteiger partial charge in [0.25, 0.3) is 0 Å². The van der Waals surface area contributed by atoms with E-state index in [0.29, 0.717) is 24.7 Å². The van der Waals surface area contributed by atoms with E-state index in [1.807, 2.05) is 19.9 Å². The van der Waals surface area contributed by atoms with E-state index in [1.54, 1.807) is 0 Å². The largest absolute Gasteiger partial charge is 0.465 e. The van der Waals surface area contributed by atoms with Gasteiger partial charge >= 0.3 is 17.9 Å². The maximum atomic E-state index is 14.4. The fraction of sp³-hybridized carbons (Fsp3) is 0.812. The third-order valence-electron chi connectivity index (χ3n) is 16.2. The van der Waals surface area contributed by atoms with Crippen LogP contribution in [-0.2, 0) is 38.2 Å². The van der Waals surface area contributed by atoms with E-state index < -0.39 is 30.0 Å². The maximum Gasteiger partial charge on any atom is 0.305 e. The number of hydrogen-bond donors (Lipinski definition) is 2. The van der Waals surface area contributed by atoms with Gasteiger partial charge in [-0.1, -0.05) is 67.0 Å². The Kier molecular flexibility index (Phi) is 15.3. The first-order valence-corrected chi connectivity index (χ1v) is 22.9. The van der Waals surface area contributed by atoms with Crippen LogP contribution in [0.1, 0.15) is 145 Å². The van der Waals surface area contributed by atoms with Gasteiger partial charge in [0.1, 0.15) is 6.10 Å². The highest BCUT2D eigenvalue weighted by Gasteiger charge is 2.81. The van der Waals surface area contributed by atoms with Crippen molar-refractivity contribution < 1.29 is 38.2 Å². The van der Waals surface area contributed by atoms with Crippen molar-refractivity contribution in [3.63, 3.8) is 0 Å². The number of fused-ring (bicyclic) bond motifs is 2. The molecular weight excluding hydrogens is 733 g/mol. The summed E-state index contributed by atoms with van der Waals surface area (Å²) in [5.74, 6) is -1.81. The van der Waals surface area contributed by atoms with Gasteiger partial charge in [0, 0.05) is 43.9 Å². The number of hydrogen-bond acceptors (Lipinski definition) is 10. The minimum atomic E-state index is -1.13. The van der Waals surface area contributed by atoms with Gasteiger partial charge < -0.3 is 24.8 Å². The van der Waals surface area contributed by atoms with Crippen LogP contribution in [0.2, 0.25) is 0 Å². The molecule has 5 aliphatic rings. The van der Waals surface area contributed by atoms with Crippen LogP contribution >= 0.6 is 0 Å². The van der Waals surface area contributed by atoms with Gasteiger partial charge in [0.2, 0.25) is 0 Å². The molecule has 5 aliphatic carbocycles. The van der Waals surface area contributed by atoms with Crippen LogP contribution in [0.4, 0.5) is 0 Å². The summed E-state index contributed by atoms with van der Waals surface area (Å²) in [6.45, 7) is 23.8. The summed E-state index contributed by atoms with van der Waals surface area (Å²) in [5, 5.41) is 6.96. The molecule has 0 amide bonds. The molecule has 4 saturated carbocycles. The van der Waals surface area contributed by atoms with E-state index in [2.05, 4.69) is 51.0 Å². The van der Waals surface area contributed by atoms with E-state index in [1.165, 1.54) is 33.1 Å². The third kappa shape index (κ3) is 9.08. The molecule has 0 heterocycles. The molecule has 2 N–H and O–H groups in total. The number of carbonyl (C=O) groups is 5. The normalized spacial score (nSPS) is 34.7. The van der Waals surface area contributed by atoms with Crippen molar-refractivity contribution in [2.45, 2.75) is 157 Å². The minimum Gasteiger partial charge on any atom is -0.465 e. The zero-order chi connectivity index (χ0) is 42.5. The van der Waals surface area contributed by atoms with Crippen LogP contribution in [0.3, 0.4) is 0 Å². The van der Waals surface area contributed by atoms with Gasteiger partial charge in [-0.3, -0.25) is 24.0 Å². The molecule has 0 aromatic carbocycles. The summed E-state index contributed by atoms with van der Waals surface area (Å²) < 4.78 is 17.7. The summed E-state index contributed by atoms with van der Waals surface area (Å²) in [6, 6.07) is 0. The molecule has 326 valence electrons. The van der Waals surface area contributed by atoms with Crippen molar-refractivity contribution in [1.29, 1.82) is 0 Å². The molecule has 4 fully saturated rings. The lowest BCUT2D eigenvalue weighted by Gasteiger charge is -2.61. The lowest BCUT2D eigenvalue weighted by Crippen LogP contribution is -2.56. The average Bonchev–Trinajstić information content (AvgIpc) is 3.79. The Hall–Kier alpha value is -2.85. The molecule has 5 rings (SSSR count). The highest BCUT2D eigenvalue weighted by atomic mass is 16.6. The summed E-state index contributed by atoms with van der Waals surface area (Å²) in [5.41, 5.74) is -0.118. The van der Waals surface area contributed by atoms with Gasteiger partial charge in [-0.15, -0.1) is 0 Å². The van der Waals surface area contributed by atoms with Gasteiger partial charge in [0.05, 0.1) is 6.61 Å². The molecule has 10 nitrogen and oxygen atoms in total. The highest BCUT2D eigenvalue weighted by Crippen LogP contribution is 2.87. The van der Waals surface area contributed by atoms with Crippen LogP contribution in [0, 0.1) is 57.2 Å². The van der Waals surface area contributed by atoms with E-state index >= 15 is 0 Å². The Morgan fingerprint density at radius 2 is 1.55 bits per heavy atom. The molecular formula is C48H76N2O8. The number of esters is 3. The van der Waals surface area contributed by atoms with Crippen LogP contribution in [0.5, 0.6) is 0 Å². The van der Waals surface area contributed by atoms with Crippen molar-refractivity contribution in [1.82, 2.24) is 10.6 Å². The number of Topliss-reactive ketones (excluding diaryl/α,β-unsaturated/α-hetero) is 1. The Morgan fingerprint density at radius 1 is 0.897 bits per heavy atom. The molecule has 58 heavy (non-hydrogen) atoms. The fourth-order valence-electron chi connectivity index (χ4n) is 13.0. The predicted molar refractivity (Wildman–Crippen MR) is 225 cm³/mol. The number of carbonyl (C=O) groups excluding carboxylic acids is 5. The summed E-state index contributed by atoms with van der Waals surface area (Å²) in [6.07, 6.45) is 16.0. The molecule has 12 atom stereocenters. The summed E-state index contributed by atoms with van der Waals surface area (Å²) >= 11 is 0. The van der Waals surface area contributed by atoms with Gasteiger partial charge in [-0.25, -0.2) is 0 Å². The number of rotatable bonds is 23. The second-order valence-corrected chi connectivity index (χ2v) is 19.6. The summed E-state index contributed by atoms with van der Waals surface area (Å²) in [4.78, 5) is 65.2. The summed E-state index contributed by atoms with van der Waals surface area (Å²) in [7, 11) is 0. The van der Waals surface area contributed by atoms with Crippen molar-refractivity contribution in [3.8, 4) is 0 Å². The second kappa shape index (κ2) is 19.2. The standard InChI is InChI=1S/C48H76N2O8/c1-10-11-24-49-26-15-16-27-50-25-14-12-13-17-41(54)56-29-31(2)32(3)43(55)44(58-36(7)52)34(5)42-39(57-35(6)51)28-46(9)40-19-18-37-33(4)38(53)20-21-47(37)30-48(40,47)23-22-45(42,46)8/h20-21,31,33-34,37,39-40,42,44,49-50H,3,10-19,22-30H2,1-2,4-9H3/t31-,33-,34-,37-,39-,40-,42-,44+,45+,46-,47+,48-/m0/s1. The Balaban J connectivity index is 1.17. The van der Waals surface area contributed by atoms with Crippen LogP contribution in [0.15, 0.2) is 24.3 Å². The SMILES string of the molecule is C=C(C(=O)[C@H](OC(C)=O)[C@@H](C)[C@H]1[C@@H](OC(C)=O)C[C@@]2(C)[C@@H]3CC[C@H]4[C@H](C)C(=O)C=C[C@@]45C[C@@]35CC[C@]12C)[C@@H](C)COC(=O)CCCCCNCCCCNCCCC. The van der Waals surface area contributed by atoms with E-state index in [9.17, 15) is 24.0 Å². The quantitative estimate of drug-likeness (QED) is 0.0451. The van der Waals surface area contributed by atoms with Crippen LogP contribution in [-0.4, -0.2) is 74.5 Å². The Morgan fingerprint density at radius 3 is 2.19 bits per heavy atom. The third-order valence-corrected chi connectivity index (χ3v) is 16.2. The average molecular weight is 809 g/mol. The maximum absolute atomic E-state index is 14.4. The van der Waals surface area contributed by atoms with E-state index in [4.69, 9.17) is 14.2 Å². The number of unbranched alkanes of at least 4 members (excludes halogenated alkanes) is 4. The van der Waals surface area contributed by atoms with Gasteiger partial charge in [-0.05, 0) is 142 Å². The first-order chi connectivity index (χ1) is 27.5. The number of ether oxygens (including phenoxy) is 3. The first-order valence-electron chi connectivity index (χ1n) is 22.9. The number of nitrogens with one attached hydrogen (secondary N) is 2. The van der Waals surface area contributed by atoms with Crippen LogP contribution < -0.4 is 10.6 Å². The molecule has 0 saturated heterocycles. The Labute approximate surface area is 349 Å². The van der Waals surface area contributed by atoms with Crippen molar-refractivity contribution in [2.24, 2.45) is 57.2 Å². The minimum absolute atomic E-state index is 0.0138. The molecule has 0 bridgehead atoms. The topological polar surface area (TPSA) is 137 Å². The highest BCUT2D eigenvalue weighted by molar-refractivity contribution is 6.00. The number of ketones is 2.